The summed E-state index contributed by atoms with van der Waals surface area (Å²) in [6.45, 7) is 6.06. The number of ether oxygens (including phenoxy) is 2. The van der Waals surface area contributed by atoms with Crippen LogP contribution in [0, 0.1) is 6.92 Å². The lowest BCUT2D eigenvalue weighted by Gasteiger charge is -2.27. The zero-order valence-electron chi connectivity index (χ0n) is 10.8. The molecule has 0 fully saturated rings. The Bertz CT molecular complexity index is 372. The lowest BCUT2D eigenvalue weighted by Crippen LogP contribution is -2.32. The van der Waals surface area contributed by atoms with Gasteiger partial charge in [-0.25, -0.2) is 0 Å². The van der Waals surface area contributed by atoms with Crippen molar-refractivity contribution >= 4 is 0 Å². The molecule has 0 aliphatic rings. The van der Waals surface area contributed by atoms with Crippen molar-refractivity contribution < 1.29 is 9.47 Å². The summed E-state index contributed by atoms with van der Waals surface area (Å²) in [6, 6.07) is 3.92. The smallest absolute Gasteiger partial charge is 0.130 e. The summed E-state index contributed by atoms with van der Waals surface area (Å²) in [7, 11) is 3.32. The maximum atomic E-state index is 6.25. The van der Waals surface area contributed by atoms with E-state index in [2.05, 4.69) is 6.92 Å². The molecule has 1 rings (SSSR count). The Morgan fingerprint density at radius 2 is 1.88 bits per heavy atom. The van der Waals surface area contributed by atoms with E-state index in [0.29, 0.717) is 0 Å². The lowest BCUT2D eigenvalue weighted by molar-refractivity contribution is 0.368. The van der Waals surface area contributed by atoms with Crippen LogP contribution in [0.25, 0.3) is 0 Å². The number of benzene rings is 1. The van der Waals surface area contributed by atoms with Crippen LogP contribution >= 0.6 is 0 Å². The molecule has 2 N–H and O–H groups in total. The third kappa shape index (κ3) is 2.14. The number of nitrogens with two attached hydrogens (primary N) is 1. The molecule has 16 heavy (non-hydrogen) atoms. The Labute approximate surface area is 97.6 Å². The van der Waals surface area contributed by atoms with Gasteiger partial charge in [-0.1, -0.05) is 6.92 Å². The summed E-state index contributed by atoms with van der Waals surface area (Å²) in [5.41, 5.74) is 7.90. The highest BCUT2D eigenvalue weighted by Gasteiger charge is 2.25. The minimum absolute atomic E-state index is 0.373. The lowest BCUT2D eigenvalue weighted by atomic mass is 9.88. The Morgan fingerprint density at radius 3 is 2.31 bits per heavy atom. The molecule has 0 bridgehead atoms. The average Bonchev–Trinajstić information content (AvgIpc) is 2.28. The number of methoxy groups -OCH3 is 2. The molecule has 1 unspecified atom stereocenters. The van der Waals surface area contributed by atoms with Crippen molar-refractivity contribution in [3.8, 4) is 11.5 Å². The zero-order valence-corrected chi connectivity index (χ0v) is 10.8. The highest BCUT2D eigenvalue weighted by molar-refractivity contribution is 5.51. The van der Waals surface area contributed by atoms with Gasteiger partial charge in [0.15, 0.2) is 0 Å². The van der Waals surface area contributed by atoms with E-state index in [-0.39, 0.29) is 5.54 Å². The third-order valence-corrected chi connectivity index (χ3v) is 3.13. The summed E-state index contributed by atoms with van der Waals surface area (Å²) in [5.74, 6) is 1.65. The van der Waals surface area contributed by atoms with Crippen LogP contribution in [0.5, 0.6) is 11.5 Å². The summed E-state index contributed by atoms with van der Waals surface area (Å²) in [4.78, 5) is 0. The fourth-order valence-corrected chi connectivity index (χ4v) is 1.80. The molecule has 1 atom stereocenters. The molecule has 0 amide bonds. The first-order valence-corrected chi connectivity index (χ1v) is 5.48. The molecule has 0 heterocycles. The van der Waals surface area contributed by atoms with E-state index in [1.165, 1.54) is 0 Å². The predicted octanol–water partition coefficient (Wildman–Crippen LogP) is 2.60. The molecule has 3 nitrogen and oxygen atoms in total. The van der Waals surface area contributed by atoms with Gasteiger partial charge in [0.25, 0.3) is 0 Å². The standard InChI is InChI=1S/C13H21NO2/c1-6-13(3,14)10-7-8-11(15-4)9(2)12(10)16-5/h7-8H,6,14H2,1-5H3. The quantitative estimate of drug-likeness (QED) is 0.853. The molecular weight excluding hydrogens is 202 g/mol. The van der Waals surface area contributed by atoms with Gasteiger partial charge in [-0.15, -0.1) is 0 Å². The van der Waals surface area contributed by atoms with Crippen molar-refractivity contribution in [1.29, 1.82) is 0 Å². The number of rotatable bonds is 4. The number of hydrogen-bond acceptors (Lipinski definition) is 3. The van der Waals surface area contributed by atoms with Crippen LogP contribution in [-0.4, -0.2) is 14.2 Å². The van der Waals surface area contributed by atoms with E-state index in [4.69, 9.17) is 15.2 Å². The van der Waals surface area contributed by atoms with Gasteiger partial charge >= 0.3 is 0 Å². The Morgan fingerprint density at radius 1 is 1.25 bits per heavy atom. The molecule has 90 valence electrons. The van der Waals surface area contributed by atoms with Crippen molar-refractivity contribution in [3.63, 3.8) is 0 Å². The van der Waals surface area contributed by atoms with E-state index < -0.39 is 0 Å². The van der Waals surface area contributed by atoms with E-state index in [9.17, 15) is 0 Å². The molecule has 0 spiro atoms. The summed E-state index contributed by atoms with van der Waals surface area (Å²) < 4.78 is 10.7. The molecule has 3 heteroatoms. The minimum atomic E-state index is -0.373. The zero-order chi connectivity index (χ0) is 12.3. The molecule has 0 aliphatic heterocycles. The highest BCUT2D eigenvalue weighted by Crippen LogP contribution is 2.37. The summed E-state index contributed by atoms with van der Waals surface area (Å²) >= 11 is 0. The maximum Gasteiger partial charge on any atom is 0.130 e. The molecule has 0 aliphatic carbocycles. The molecule has 0 radical (unpaired) electrons. The molecule has 0 aromatic heterocycles. The molecular formula is C13H21NO2. The van der Waals surface area contributed by atoms with Gasteiger partial charge in [0.05, 0.1) is 14.2 Å². The van der Waals surface area contributed by atoms with Crippen LogP contribution < -0.4 is 15.2 Å². The van der Waals surface area contributed by atoms with Gasteiger partial charge in [-0.2, -0.15) is 0 Å². The van der Waals surface area contributed by atoms with Crippen molar-refractivity contribution in [3.05, 3.63) is 23.3 Å². The highest BCUT2D eigenvalue weighted by atomic mass is 16.5. The maximum absolute atomic E-state index is 6.25. The van der Waals surface area contributed by atoms with Crippen molar-refractivity contribution in [2.24, 2.45) is 5.73 Å². The first-order valence-electron chi connectivity index (χ1n) is 5.48. The van der Waals surface area contributed by atoms with Gasteiger partial charge in [0.2, 0.25) is 0 Å². The summed E-state index contributed by atoms with van der Waals surface area (Å²) in [5, 5.41) is 0. The van der Waals surface area contributed by atoms with E-state index in [1.807, 2.05) is 26.0 Å². The normalized spacial score (nSPS) is 14.4. The minimum Gasteiger partial charge on any atom is -0.496 e. The molecule has 0 saturated carbocycles. The third-order valence-electron chi connectivity index (χ3n) is 3.13. The van der Waals surface area contributed by atoms with Crippen LogP contribution in [0.2, 0.25) is 0 Å². The Balaban J connectivity index is 3.37. The molecule has 1 aromatic rings. The van der Waals surface area contributed by atoms with Gasteiger partial charge in [-0.05, 0) is 32.4 Å². The van der Waals surface area contributed by atoms with Crippen LogP contribution in [0.1, 0.15) is 31.4 Å². The van der Waals surface area contributed by atoms with Crippen molar-refractivity contribution in [2.75, 3.05) is 14.2 Å². The van der Waals surface area contributed by atoms with E-state index >= 15 is 0 Å². The SMILES string of the molecule is CCC(C)(N)c1ccc(OC)c(C)c1OC. The molecule has 0 saturated heterocycles. The first-order chi connectivity index (χ1) is 7.47. The van der Waals surface area contributed by atoms with Gasteiger partial charge < -0.3 is 15.2 Å². The van der Waals surface area contributed by atoms with E-state index in [0.717, 1.165) is 29.0 Å². The largest absolute Gasteiger partial charge is 0.496 e. The molecule has 1 aromatic carbocycles. The van der Waals surface area contributed by atoms with Gasteiger partial charge in [0.1, 0.15) is 11.5 Å². The van der Waals surface area contributed by atoms with Gasteiger partial charge in [0, 0.05) is 16.7 Å². The topological polar surface area (TPSA) is 44.5 Å². The van der Waals surface area contributed by atoms with Crippen LogP contribution in [0.4, 0.5) is 0 Å². The fraction of sp³-hybridized carbons (Fsp3) is 0.538. The second kappa shape index (κ2) is 4.74. The monoisotopic (exact) mass is 223 g/mol. The predicted molar refractivity (Wildman–Crippen MR) is 66.1 cm³/mol. The Hall–Kier alpha value is -1.22. The first kappa shape index (κ1) is 12.8. The van der Waals surface area contributed by atoms with Gasteiger partial charge in [-0.3, -0.25) is 0 Å². The fourth-order valence-electron chi connectivity index (χ4n) is 1.80. The van der Waals surface area contributed by atoms with Crippen LogP contribution in [0.3, 0.4) is 0 Å². The average molecular weight is 223 g/mol. The van der Waals surface area contributed by atoms with Crippen LogP contribution in [0.15, 0.2) is 12.1 Å². The second-order valence-corrected chi connectivity index (χ2v) is 4.24. The van der Waals surface area contributed by atoms with Crippen molar-refractivity contribution in [2.45, 2.75) is 32.7 Å². The van der Waals surface area contributed by atoms with Crippen LogP contribution in [-0.2, 0) is 5.54 Å². The Kier molecular flexibility index (Phi) is 3.81. The van der Waals surface area contributed by atoms with Crippen molar-refractivity contribution in [1.82, 2.24) is 0 Å². The summed E-state index contributed by atoms with van der Waals surface area (Å²) in [6.07, 6.45) is 0.856. The van der Waals surface area contributed by atoms with E-state index in [1.54, 1.807) is 14.2 Å². The second-order valence-electron chi connectivity index (χ2n) is 4.24. The number of hydrogen-bond donors (Lipinski definition) is 1.